The van der Waals surface area contributed by atoms with E-state index in [1.807, 2.05) is 0 Å². The number of aromatic nitrogens is 3. The zero-order valence-electron chi connectivity index (χ0n) is 17.2. The van der Waals surface area contributed by atoms with Gasteiger partial charge in [0.25, 0.3) is 0 Å². The van der Waals surface area contributed by atoms with Crippen molar-refractivity contribution in [2.75, 3.05) is 42.6 Å². The number of carboxylic acid groups (broad SMARTS) is 1. The number of rotatable bonds is 4. The first-order valence-electron chi connectivity index (χ1n) is 10.5. The Hall–Kier alpha value is -2.68. The molecule has 1 N–H and O–H groups in total. The minimum atomic E-state index is -0.999. The van der Waals surface area contributed by atoms with Crippen LogP contribution in [-0.2, 0) is 4.74 Å². The van der Waals surface area contributed by atoms with E-state index in [4.69, 9.17) is 32.9 Å². The minimum Gasteiger partial charge on any atom is -0.478 e. The molecule has 2 saturated heterocycles. The summed E-state index contributed by atoms with van der Waals surface area (Å²) in [7, 11) is 0. The molecule has 2 aliphatic rings. The van der Waals surface area contributed by atoms with Gasteiger partial charge in [-0.1, -0.05) is 23.2 Å². The fourth-order valence-corrected chi connectivity index (χ4v) is 4.88. The number of fused-ring (bicyclic) bond motifs is 1. The highest BCUT2D eigenvalue weighted by molar-refractivity contribution is 6.34. The van der Waals surface area contributed by atoms with Gasteiger partial charge in [0, 0.05) is 30.2 Å². The number of pyridine rings is 1. The molecule has 0 aliphatic carbocycles. The summed E-state index contributed by atoms with van der Waals surface area (Å²) in [5.41, 5.74) is 2.26. The Balaban J connectivity index is 1.63. The maximum atomic E-state index is 11.8. The number of carbonyl (C=O) groups is 1. The molecule has 4 heterocycles. The van der Waals surface area contributed by atoms with Crippen molar-refractivity contribution >= 4 is 51.8 Å². The number of ether oxygens (including phenoxy) is 1. The lowest BCUT2D eigenvalue weighted by Crippen LogP contribution is -2.36. The van der Waals surface area contributed by atoms with Crippen LogP contribution in [0.2, 0.25) is 10.2 Å². The molecule has 10 heteroatoms. The Labute approximate surface area is 194 Å². The quantitative estimate of drug-likeness (QED) is 0.563. The topological polar surface area (TPSA) is 91.7 Å². The van der Waals surface area contributed by atoms with Crippen LogP contribution in [0, 0.1) is 0 Å². The van der Waals surface area contributed by atoms with E-state index >= 15 is 0 Å². The lowest BCUT2D eigenvalue weighted by atomic mass is 9.99. The fourth-order valence-electron chi connectivity index (χ4n) is 4.42. The van der Waals surface area contributed by atoms with Gasteiger partial charge >= 0.3 is 5.97 Å². The number of benzene rings is 1. The molecule has 166 valence electrons. The maximum Gasteiger partial charge on any atom is 0.335 e. The van der Waals surface area contributed by atoms with Crippen LogP contribution in [0.3, 0.4) is 0 Å². The number of halogens is 2. The van der Waals surface area contributed by atoms with Gasteiger partial charge in [0.2, 0.25) is 0 Å². The van der Waals surface area contributed by atoms with Crippen LogP contribution < -0.4 is 9.80 Å². The molecule has 1 unspecified atom stereocenters. The van der Waals surface area contributed by atoms with Gasteiger partial charge in [-0.15, -0.1) is 0 Å². The first-order valence-corrected chi connectivity index (χ1v) is 11.2. The number of anilines is 2. The zero-order chi connectivity index (χ0) is 22.2. The van der Waals surface area contributed by atoms with E-state index in [0.717, 1.165) is 43.9 Å². The van der Waals surface area contributed by atoms with Crippen molar-refractivity contribution in [2.45, 2.75) is 18.9 Å². The molecular formula is C22H21Cl2N5O3. The molecule has 0 spiro atoms. The van der Waals surface area contributed by atoms with Crippen molar-refractivity contribution in [3.8, 4) is 0 Å². The molecule has 2 aromatic heterocycles. The third kappa shape index (κ3) is 4.05. The van der Waals surface area contributed by atoms with Crippen LogP contribution >= 0.6 is 23.2 Å². The van der Waals surface area contributed by atoms with E-state index in [1.165, 1.54) is 0 Å². The summed E-state index contributed by atoms with van der Waals surface area (Å²) >= 11 is 12.4. The Morgan fingerprint density at radius 1 is 1.06 bits per heavy atom. The molecule has 0 radical (unpaired) electrons. The van der Waals surface area contributed by atoms with Gasteiger partial charge in [0.05, 0.1) is 42.0 Å². The van der Waals surface area contributed by atoms with Crippen molar-refractivity contribution in [1.29, 1.82) is 0 Å². The third-order valence-electron chi connectivity index (χ3n) is 5.90. The average Bonchev–Trinajstić information content (AvgIpc) is 3.27. The van der Waals surface area contributed by atoms with E-state index in [1.54, 1.807) is 30.5 Å². The first kappa shape index (κ1) is 21.2. The van der Waals surface area contributed by atoms with E-state index in [2.05, 4.69) is 19.8 Å². The Bertz CT molecular complexity index is 1170. The summed E-state index contributed by atoms with van der Waals surface area (Å²) in [6, 6.07) is 6.54. The van der Waals surface area contributed by atoms with Crippen LogP contribution in [0.5, 0.6) is 0 Å². The second kappa shape index (κ2) is 8.69. The third-order valence-corrected chi connectivity index (χ3v) is 6.31. The van der Waals surface area contributed by atoms with Crippen LogP contribution in [0.4, 0.5) is 11.6 Å². The minimum absolute atomic E-state index is 0.118. The number of carboxylic acids is 1. The summed E-state index contributed by atoms with van der Waals surface area (Å²) in [6.45, 7) is 3.51. The monoisotopic (exact) mass is 473 g/mol. The Morgan fingerprint density at radius 3 is 2.62 bits per heavy atom. The van der Waals surface area contributed by atoms with Crippen LogP contribution in [0.15, 0.2) is 30.5 Å². The van der Waals surface area contributed by atoms with Gasteiger partial charge in [-0.2, -0.15) is 0 Å². The number of hydrogen-bond acceptors (Lipinski definition) is 7. The molecular weight excluding hydrogens is 453 g/mol. The Morgan fingerprint density at radius 2 is 1.88 bits per heavy atom. The van der Waals surface area contributed by atoms with Crippen molar-refractivity contribution in [3.63, 3.8) is 0 Å². The predicted molar refractivity (Wildman–Crippen MR) is 123 cm³/mol. The van der Waals surface area contributed by atoms with E-state index < -0.39 is 5.97 Å². The lowest BCUT2D eigenvalue weighted by molar-refractivity contribution is 0.0697. The molecule has 3 aromatic rings. The molecule has 2 fully saturated rings. The van der Waals surface area contributed by atoms with Crippen LogP contribution in [0.25, 0.3) is 11.0 Å². The van der Waals surface area contributed by atoms with Gasteiger partial charge in [-0.25, -0.2) is 14.8 Å². The van der Waals surface area contributed by atoms with Crippen molar-refractivity contribution in [2.24, 2.45) is 0 Å². The summed E-state index contributed by atoms with van der Waals surface area (Å²) < 4.78 is 5.45. The normalized spacial score (nSPS) is 19.0. The van der Waals surface area contributed by atoms with E-state index in [0.29, 0.717) is 40.2 Å². The van der Waals surface area contributed by atoms with Crippen LogP contribution in [-0.4, -0.2) is 58.9 Å². The number of hydrogen-bond donors (Lipinski definition) is 1. The standard InChI is InChI=1S/C22H21Cl2N5O3/c23-14-10-18(24)26-19(11-14)29-3-1-2-17(29)15-8-13(22(30)31)9-16-21(15)27-20(12-25-16)28-4-6-32-7-5-28/h8-12,17H,1-7H2,(H,30,31). The summed E-state index contributed by atoms with van der Waals surface area (Å²) in [4.78, 5) is 30.0. The SMILES string of the molecule is O=C(O)c1cc(C2CCCN2c2cc(Cl)cc(Cl)n2)c2nc(N3CCOCC3)cnc2c1. The van der Waals surface area contributed by atoms with Gasteiger partial charge in [0.1, 0.15) is 16.8 Å². The van der Waals surface area contributed by atoms with E-state index in [9.17, 15) is 9.90 Å². The lowest BCUT2D eigenvalue weighted by Gasteiger charge is -2.29. The molecule has 1 aromatic carbocycles. The molecule has 8 nitrogen and oxygen atoms in total. The number of aromatic carboxylic acids is 1. The molecule has 0 amide bonds. The molecule has 32 heavy (non-hydrogen) atoms. The molecule has 0 bridgehead atoms. The highest BCUT2D eigenvalue weighted by Crippen LogP contribution is 2.39. The number of nitrogens with zero attached hydrogens (tertiary/aromatic N) is 5. The van der Waals surface area contributed by atoms with Gasteiger partial charge < -0.3 is 19.6 Å². The molecule has 1 atom stereocenters. The maximum absolute atomic E-state index is 11.8. The van der Waals surface area contributed by atoms with Crippen molar-refractivity contribution in [3.05, 3.63) is 51.8 Å². The first-order chi connectivity index (χ1) is 15.5. The van der Waals surface area contributed by atoms with Crippen LogP contribution in [0.1, 0.15) is 34.8 Å². The predicted octanol–water partition coefficient (Wildman–Crippen LogP) is 4.21. The van der Waals surface area contributed by atoms with Gasteiger partial charge in [-0.05, 0) is 37.1 Å². The van der Waals surface area contributed by atoms with Gasteiger partial charge in [-0.3, -0.25) is 4.98 Å². The summed E-state index contributed by atoms with van der Waals surface area (Å²) in [5.74, 6) is 0.426. The highest BCUT2D eigenvalue weighted by Gasteiger charge is 2.31. The van der Waals surface area contributed by atoms with Crippen molar-refractivity contribution in [1.82, 2.24) is 15.0 Å². The highest BCUT2D eigenvalue weighted by atomic mass is 35.5. The smallest absolute Gasteiger partial charge is 0.335 e. The summed E-state index contributed by atoms with van der Waals surface area (Å²) in [6.07, 6.45) is 3.45. The molecule has 2 aliphatic heterocycles. The second-order valence-electron chi connectivity index (χ2n) is 7.88. The molecule has 5 rings (SSSR count). The van der Waals surface area contributed by atoms with E-state index in [-0.39, 0.29) is 11.6 Å². The summed E-state index contributed by atoms with van der Waals surface area (Å²) in [5, 5.41) is 10.5. The molecule has 0 saturated carbocycles. The average molecular weight is 474 g/mol. The number of morpholine rings is 1. The Kier molecular flexibility index (Phi) is 5.75. The van der Waals surface area contributed by atoms with Gasteiger partial charge in [0.15, 0.2) is 0 Å². The largest absolute Gasteiger partial charge is 0.478 e. The van der Waals surface area contributed by atoms with Crippen molar-refractivity contribution < 1.29 is 14.6 Å². The second-order valence-corrected chi connectivity index (χ2v) is 8.71. The zero-order valence-corrected chi connectivity index (χ0v) is 18.7. The fraction of sp³-hybridized carbons (Fsp3) is 0.364.